The van der Waals surface area contributed by atoms with Gasteiger partial charge < -0.3 is 5.11 Å². The molecule has 0 aliphatic carbocycles. The van der Waals surface area contributed by atoms with E-state index in [-0.39, 0.29) is 11.3 Å². The quantitative estimate of drug-likeness (QED) is 0.686. The first-order valence-electron chi connectivity index (χ1n) is 5.60. The van der Waals surface area contributed by atoms with Gasteiger partial charge in [0.1, 0.15) is 5.03 Å². The second-order valence-electron chi connectivity index (χ2n) is 3.95. The molecule has 0 aliphatic rings. The zero-order chi connectivity index (χ0) is 14.7. The van der Waals surface area contributed by atoms with Crippen molar-refractivity contribution in [3.63, 3.8) is 0 Å². The van der Waals surface area contributed by atoms with Crippen molar-refractivity contribution in [2.45, 2.75) is 16.8 Å². The lowest BCUT2D eigenvalue weighted by molar-refractivity contribution is -0.385. The van der Waals surface area contributed by atoms with E-state index in [0.29, 0.717) is 10.6 Å². The molecule has 2 aromatic rings. The third-order valence-corrected chi connectivity index (χ3v) is 3.76. The van der Waals surface area contributed by atoms with Crippen LogP contribution in [0.4, 0.5) is 5.69 Å². The smallest absolute Gasteiger partial charge is 0.337 e. The maximum Gasteiger partial charge on any atom is 0.337 e. The van der Waals surface area contributed by atoms with E-state index in [1.807, 2.05) is 0 Å². The van der Waals surface area contributed by atoms with Crippen molar-refractivity contribution in [2.75, 3.05) is 0 Å². The van der Waals surface area contributed by atoms with Crippen molar-refractivity contribution < 1.29 is 14.8 Å². The zero-order valence-corrected chi connectivity index (χ0v) is 11.3. The van der Waals surface area contributed by atoms with Crippen LogP contribution in [-0.4, -0.2) is 21.0 Å². The number of aromatic nitrogens is 1. The first-order chi connectivity index (χ1) is 9.49. The van der Waals surface area contributed by atoms with Gasteiger partial charge in [0.25, 0.3) is 5.69 Å². The minimum Gasteiger partial charge on any atom is -0.478 e. The third kappa shape index (κ3) is 2.94. The molecule has 1 N–H and O–H groups in total. The average Bonchev–Trinajstić information content (AvgIpc) is 2.41. The van der Waals surface area contributed by atoms with Crippen LogP contribution in [0.2, 0.25) is 0 Å². The molecule has 0 saturated carbocycles. The SMILES string of the molecule is Cc1c(Sc2ccc(C(=O)O)cn2)cccc1[N+](=O)[O-]. The Bertz CT molecular complexity index is 671. The zero-order valence-electron chi connectivity index (χ0n) is 10.4. The van der Waals surface area contributed by atoms with Gasteiger partial charge in [-0.25, -0.2) is 9.78 Å². The Kier molecular flexibility index (Phi) is 3.99. The molecule has 0 atom stereocenters. The summed E-state index contributed by atoms with van der Waals surface area (Å²) in [6.45, 7) is 1.67. The summed E-state index contributed by atoms with van der Waals surface area (Å²) in [6.07, 6.45) is 1.26. The number of carboxylic acid groups (broad SMARTS) is 1. The van der Waals surface area contributed by atoms with Crippen LogP contribution in [0.3, 0.4) is 0 Å². The molecule has 2 rings (SSSR count). The molecule has 102 valence electrons. The summed E-state index contributed by atoms with van der Waals surface area (Å²) < 4.78 is 0. The Morgan fingerprint density at radius 3 is 2.65 bits per heavy atom. The Hall–Kier alpha value is -2.41. The molecular formula is C13H10N2O4S. The minimum atomic E-state index is -1.04. The number of nitro benzene ring substituents is 1. The topological polar surface area (TPSA) is 93.3 Å². The molecule has 7 heteroatoms. The van der Waals surface area contributed by atoms with Crippen LogP contribution < -0.4 is 0 Å². The fourth-order valence-corrected chi connectivity index (χ4v) is 2.46. The molecule has 0 aliphatic heterocycles. The largest absolute Gasteiger partial charge is 0.478 e. The number of hydrogen-bond acceptors (Lipinski definition) is 5. The summed E-state index contributed by atoms with van der Waals surface area (Å²) in [4.78, 5) is 25.9. The Labute approximate surface area is 118 Å². The van der Waals surface area contributed by atoms with Gasteiger partial charge in [0.2, 0.25) is 0 Å². The van der Waals surface area contributed by atoms with Gasteiger partial charge in [-0.1, -0.05) is 17.8 Å². The fraction of sp³-hybridized carbons (Fsp3) is 0.0769. The van der Waals surface area contributed by atoms with E-state index in [1.165, 1.54) is 30.1 Å². The van der Waals surface area contributed by atoms with E-state index >= 15 is 0 Å². The van der Waals surface area contributed by atoms with Crippen LogP contribution in [0.1, 0.15) is 15.9 Å². The minimum absolute atomic E-state index is 0.0529. The van der Waals surface area contributed by atoms with Crippen LogP contribution >= 0.6 is 11.8 Å². The highest BCUT2D eigenvalue weighted by atomic mass is 32.2. The maximum absolute atomic E-state index is 10.9. The van der Waals surface area contributed by atoms with Crippen LogP contribution in [-0.2, 0) is 0 Å². The predicted molar refractivity (Wildman–Crippen MR) is 73.2 cm³/mol. The fourth-order valence-electron chi connectivity index (χ4n) is 1.59. The van der Waals surface area contributed by atoms with Gasteiger partial charge in [-0.2, -0.15) is 0 Å². The van der Waals surface area contributed by atoms with E-state index in [1.54, 1.807) is 25.1 Å². The van der Waals surface area contributed by atoms with Crippen LogP contribution in [0.15, 0.2) is 46.5 Å². The molecule has 0 unspecified atom stereocenters. The summed E-state index contributed by atoms with van der Waals surface area (Å²) in [7, 11) is 0. The van der Waals surface area contributed by atoms with Crippen molar-refractivity contribution >= 4 is 23.4 Å². The predicted octanol–water partition coefficient (Wildman–Crippen LogP) is 3.15. The number of carbonyl (C=O) groups is 1. The van der Waals surface area contributed by atoms with E-state index in [0.717, 1.165) is 4.90 Å². The summed E-state index contributed by atoms with van der Waals surface area (Å²) in [5, 5.41) is 20.2. The van der Waals surface area contributed by atoms with Gasteiger partial charge in [0, 0.05) is 22.7 Å². The Morgan fingerprint density at radius 1 is 1.35 bits per heavy atom. The molecule has 0 bridgehead atoms. The lowest BCUT2D eigenvalue weighted by Gasteiger charge is -2.05. The Morgan fingerprint density at radius 2 is 2.10 bits per heavy atom. The number of hydrogen-bond donors (Lipinski definition) is 1. The summed E-state index contributed by atoms with van der Waals surface area (Å²) in [5.74, 6) is -1.04. The highest BCUT2D eigenvalue weighted by Crippen LogP contribution is 2.33. The molecule has 1 heterocycles. The molecule has 0 radical (unpaired) electrons. The van der Waals surface area contributed by atoms with Crippen molar-refractivity contribution in [3.8, 4) is 0 Å². The first kappa shape index (κ1) is 14.0. The highest BCUT2D eigenvalue weighted by molar-refractivity contribution is 7.99. The summed E-state index contributed by atoms with van der Waals surface area (Å²) >= 11 is 1.26. The molecule has 1 aromatic carbocycles. The molecule has 0 amide bonds. The van der Waals surface area contributed by atoms with Gasteiger partial charge in [0.15, 0.2) is 0 Å². The monoisotopic (exact) mass is 290 g/mol. The number of pyridine rings is 1. The maximum atomic E-state index is 10.9. The average molecular weight is 290 g/mol. The molecule has 0 saturated heterocycles. The second-order valence-corrected chi connectivity index (χ2v) is 5.01. The summed E-state index contributed by atoms with van der Waals surface area (Å²) in [5.41, 5.74) is 0.717. The standard InChI is InChI=1S/C13H10N2O4S/c1-8-10(15(18)19)3-2-4-11(8)20-12-6-5-9(7-14-12)13(16)17/h2-7H,1H3,(H,16,17). The van der Waals surface area contributed by atoms with Gasteiger partial charge in [-0.05, 0) is 25.1 Å². The second kappa shape index (κ2) is 5.70. The lowest BCUT2D eigenvalue weighted by Crippen LogP contribution is -1.97. The number of nitro groups is 1. The van der Waals surface area contributed by atoms with Crippen molar-refractivity contribution in [1.29, 1.82) is 0 Å². The van der Waals surface area contributed by atoms with Gasteiger partial charge >= 0.3 is 5.97 Å². The number of nitrogens with zero attached hydrogens (tertiary/aromatic N) is 2. The first-order valence-corrected chi connectivity index (χ1v) is 6.42. The third-order valence-electron chi connectivity index (χ3n) is 2.65. The van der Waals surface area contributed by atoms with Crippen molar-refractivity contribution in [2.24, 2.45) is 0 Å². The number of carboxylic acids is 1. The van der Waals surface area contributed by atoms with Crippen LogP contribution in [0, 0.1) is 17.0 Å². The normalized spacial score (nSPS) is 10.2. The number of rotatable bonds is 4. The van der Waals surface area contributed by atoms with Crippen LogP contribution in [0.25, 0.3) is 0 Å². The molecular weight excluding hydrogens is 280 g/mol. The van der Waals surface area contributed by atoms with Crippen LogP contribution in [0.5, 0.6) is 0 Å². The van der Waals surface area contributed by atoms with Gasteiger partial charge in [0.05, 0.1) is 10.5 Å². The van der Waals surface area contributed by atoms with Crippen molar-refractivity contribution in [3.05, 3.63) is 57.8 Å². The number of aromatic carboxylic acids is 1. The van der Waals surface area contributed by atoms with E-state index in [4.69, 9.17) is 5.11 Å². The summed E-state index contributed by atoms with van der Waals surface area (Å²) in [6, 6.07) is 7.84. The molecule has 20 heavy (non-hydrogen) atoms. The molecule has 0 fully saturated rings. The molecule has 6 nitrogen and oxygen atoms in total. The van der Waals surface area contributed by atoms with Crippen molar-refractivity contribution in [1.82, 2.24) is 4.98 Å². The number of benzene rings is 1. The Balaban J connectivity index is 2.28. The van der Waals surface area contributed by atoms with Gasteiger partial charge in [-0.3, -0.25) is 10.1 Å². The van der Waals surface area contributed by atoms with E-state index < -0.39 is 10.9 Å². The van der Waals surface area contributed by atoms with Gasteiger partial charge in [-0.15, -0.1) is 0 Å². The van der Waals surface area contributed by atoms with E-state index in [9.17, 15) is 14.9 Å². The molecule has 0 spiro atoms. The van der Waals surface area contributed by atoms with E-state index in [2.05, 4.69) is 4.98 Å². The highest BCUT2D eigenvalue weighted by Gasteiger charge is 2.14. The molecule has 1 aromatic heterocycles. The lowest BCUT2D eigenvalue weighted by atomic mass is 10.2.